The van der Waals surface area contributed by atoms with Crippen LogP contribution < -0.4 is 5.32 Å². The molecule has 0 saturated carbocycles. The van der Waals surface area contributed by atoms with Crippen LogP contribution in [-0.4, -0.2) is 58.3 Å². The first kappa shape index (κ1) is 23.1. The van der Waals surface area contributed by atoms with Gasteiger partial charge in [0.05, 0.1) is 10.9 Å². The number of nitrogens with one attached hydrogen (secondary N) is 1. The van der Waals surface area contributed by atoms with Crippen molar-refractivity contribution in [1.29, 1.82) is 0 Å². The van der Waals surface area contributed by atoms with Gasteiger partial charge in [-0.05, 0) is 56.3 Å². The molecule has 7 heteroatoms. The Bertz CT molecular complexity index is 952. The van der Waals surface area contributed by atoms with E-state index in [9.17, 15) is 13.2 Å². The number of aryl methyl sites for hydroxylation is 2. The van der Waals surface area contributed by atoms with E-state index in [0.29, 0.717) is 12.1 Å². The summed E-state index contributed by atoms with van der Waals surface area (Å²) in [6.07, 6.45) is 0.981. The third-order valence-electron chi connectivity index (χ3n) is 5.08. The molecule has 1 atom stereocenters. The largest absolute Gasteiger partial charge is 0.350 e. The molecule has 0 heterocycles. The van der Waals surface area contributed by atoms with Crippen LogP contribution in [0, 0.1) is 6.92 Å². The number of hydrogen-bond donors (Lipinski definition) is 1. The van der Waals surface area contributed by atoms with Crippen LogP contribution in [0.2, 0.25) is 0 Å². The molecule has 2 aromatic carbocycles. The quantitative estimate of drug-likeness (QED) is 0.717. The number of carbonyl (C=O) groups excluding carboxylic acids is 1. The number of sulfonamides is 1. The molecule has 0 bridgehead atoms. The first-order chi connectivity index (χ1) is 13.6. The third kappa shape index (κ3) is 5.44. The number of amides is 1. The maximum absolute atomic E-state index is 12.8. The van der Waals surface area contributed by atoms with Gasteiger partial charge in [0.15, 0.2) is 0 Å². The Balaban J connectivity index is 2.22. The fourth-order valence-corrected chi connectivity index (χ4v) is 4.00. The second-order valence-electron chi connectivity index (χ2n) is 7.55. The molecular formula is C22H31N3O3S. The summed E-state index contributed by atoms with van der Waals surface area (Å²) >= 11 is 0. The van der Waals surface area contributed by atoms with Gasteiger partial charge in [-0.1, -0.05) is 37.3 Å². The van der Waals surface area contributed by atoms with Crippen LogP contribution in [0.5, 0.6) is 0 Å². The van der Waals surface area contributed by atoms with E-state index in [2.05, 4.69) is 41.4 Å². The molecule has 1 amide bonds. The van der Waals surface area contributed by atoms with Crippen molar-refractivity contribution in [3.05, 3.63) is 64.7 Å². The highest BCUT2D eigenvalue weighted by Crippen LogP contribution is 2.20. The van der Waals surface area contributed by atoms with Crippen molar-refractivity contribution in [3.8, 4) is 0 Å². The van der Waals surface area contributed by atoms with E-state index >= 15 is 0 Å². The second kappa shape index (κ2) is 9.52. The minimum atomic E-state index is -3.60. The molecule has 29 heavy (non-hydrogen) atoms. The highest BCUT2D eigenvalue weighted by Gasteiger charge is 2.21. The fraction of sp³-hybridized carbons (Fsp3) is 0.409. The van der Waals surface area contributed by atoms with Gasteiger partial charge in [0, 0.05) is 26.2 Å². The molecule has 0 saturated heterocycles. The van der Waals surface area contributed by atoms with Crippen molar-refractivity contribution in [2.24, 2.45) is 0 Å². The fourth-order valence-electron chi connectivity index (χ4n) is 3.08. The van der Waals surface area contributed by atoms with E-state index in [0.717, 1.165) is 21.9 Å². The number of benzene rings is 2. The van der Waals surface area contributed by atoms with Crippen molar-refractivity contribution < 1.29 is 13.2 Å². The standard InChI is InChI=1S/C22H31N3O3S/c1-7-17-9-11-18(12-10-17)21(24(3)4)15-23-22(26)20-14-19(13-8-16(20)2)29(27,28)25(5)6/h8-14,21H,7,15H2,1-6H3,(H,23,26). The van der Waals surface area contributed by atoms with Gasteiger partial charge >= 0.3 is 0 Å². The van der Waals surface area contributed by atoms with E-state index in [1.54, 1.807) is 13.0 Å². The first-order valence-corrected chi connectivity index (χ1v) is 11.1. The van der Waals surface area contributed by atoms with E-state index in [-0.39, 0.29) is 16.8 Å². The second-order valence-corrected chi connectivity index (χ2v) is 9.70. The maximum atomic E-state index is 12.8. The van der Waals surface area contributed by atoms with Crippen LogP contribution in [0.25, 0.3) is 0 Å². The molecule has 0 aromatic heterocycles. The number of nitrogens with zero attached hydrogens (tertiary/aromatic N) is 2. The van der Waals surface area contributed by atoms with Crippen LogP contribution in [-0.2, 0) is 16.4 Å². The topological polar surface area (TPSA) is 69.7 Å². The number of rotatable bonds is 8. The molecule has 0 fully saturated rings. The Hall–Kier alpha value is -2.22. The molecule has 158 valence electrons. The Morgan fingerprint density at radius 2 is 1.66 bits per heavy atom. The Morgan fingerprint density at radius 3 is 2.17 bits per heavy atom. The van der Waals surface area contributed by atoms with Gasteiger partial charge in [0.2, 0.25) is 10.0 Å². The number of hydrogen-bond acceptors (Lipinski definition) is 4. The molecule has 6 nitrogen and oxygen atoms in total. The molecule has 2 aromatic rings. The lowest BCUT2D eigenvalue weighted by molar-refractivity contribution is 0.0941. The van der Waals surface area contributed by atoms with Crippen LogP contribution in [0.1, 0.15) is 40.0 Å². The summed E-state index contributed by atoms with van der Waals surface area (Å²) in [6.45, 7) is 4.33. The summed E-state index contributed by atoms with van der Waals surface area (Å²) in [7, 11) is 3.29. The van der Waals surface area contributed by atoms with Gasteiger partial charge in [-0.15, -0.1) is 0 Å². The lowest BCUT2D eigenvalue weighted by atomic mass is 10.0. The number of carbonyl (C=O) groups is 1. The van der Waals surface area contributed by atoms with E-state index in [4.69, 9.17) is 0 Å². The molecule has 0 spiro atoms. The van der Waals surface area contributed by atoms with Crippen molar-refractivity contribution in [2.75, 3.05) is 34.7 Å². The van der Waals surface area contributed by atoms with Crippen LogP contribution in [0.3, 0.4) is 0 Å². The zero-order valence-corrected chi connectivity index (χ0v) is 18.9. The number of likely N-dealkylation sites (N-methyl/N-ethyl adjacent to an activating group) is 1. The molecule has 0 radical (unpaired) electrons. The Kier molecular flexibility index (Phi) is 7.57. The molecule has 2 rings (SSSR count). The Morgan fingerprint density at radius 1 is 1.03 bits per heavy atom. The Labute approximate surface area is 174 Å². The summed E-state index contributed by atoms with van der Waals surface area (Å²) < 4.78 is 25.9. The maximum Gasteiger partial charge on any atom is 0.251 e. The molecule has 1 N–H and O–H groups in total. The third-order valence-corrected chi connectivity index (χ3v) is 6.90. The molecule has 0 aliphatic rings. The zero-order valence-electron chi connectivity index (χ0n) is 18.1. The van der Waals surface area contributed by atoms with Gasteiger partial charge in [-0.2, -0.15) is 0 Å². The summed E-state index contributed by atoms with van der Waals surface area (Å²) in [5.41, 5.74) is 3.48. The van der Waals surface area contributed by atoms with Crippen LogP contribution >= 0.6 is 0 Å². The van der Waals surface area contributed by atoms with Crippen molar-refractivity contribution in [1.82, 2.24) is 14.5 Å². The summed E-state index contributed by atoms with van der Waals surface area (Å²) in [5, 5.41) is 2.97. The van der Waals surface area contributed by atoms with E-state index in [1.807, 2.05) is 14.1 Å². The smallest absolute Gasteiger partial charge is 0.251 e. The lowest BCUT2D eigenvalue weighted by Gasteiger charge is -2.25. The highest BCUT2D eigenvalue weighted by atomic mass is 32.2. The average molecular weight is 418 g/mol. The SMILES string of the molecule is CCc1ccc(C(CNC(=O)c2cc(S(=O)(=O)N(C)C)ccc2C)N(C)C)cc1. The van der Waals surface area contributed by atoms with Crippen LogP contribution in [0.4, 0.5) is 0 Å². The summed E-state index contributed by atoms with van der Waals surface area (Å²) in [4.78, 5) is 15.0. The minimum Gasteiger partial charge on any atom is -0.350 e. The van der Waals surface area contributed by atoms with E-state index < -0.39 is 10.0 Å². The van der Waals surface area contributed by atoms with Crippen LogP contribution in [0.15, 0.2) is 47.4 Å². The van der Waals surface area contributed by atoms with Gasteiger partial charge in [-0.3, -0.25) is 4.79 Å². The predicted octanol–water partition coefficient (Wildman–Crippen LogP) is 2.84. The van der Waals surface area contributed by atoms with Crippen molar-refractivity contribution >= 4 is 15.9 Å². The van der Waals surface area contributed by atoms with Crippen molar-refractivity contribution in [3.63, 3.8) is 0 Å². The monoisotopic (exact) mass is 417 g/mol. The van der Waals surface area contributed by atoms with Gasteiger partial charge < -0.3 is 10.2 Å². The first-order valence-electron chi connectivity index (χ1n) is 9.64. The van der Waals surface area contributed by atoms with Gasteiger partial charge in [0.1, 0.15) is 0 Å². The van der Waals surface area contributed by atoms with Gasteiger partial charge in [-0.25, -0.2) is 12.7 Å². The molecule has 1 unspecified atom stereocenters. The zero-order chi connectivity index (χ0) is 21.8. The predicted molar refractivity (Wildman–Crippen MR) is 117 cm³/mol. The molecule has 0 aliphatic carbocycles. The van der Waals surface area contributed by atoms with Crippen molar-refractivity contribution in [2.45, 2.75) is 31.2 Å². The lowest BCUT2D eigenvalue weighted by Crippen LogP contribution is -2.35. The minimum absolute atomic E-state index is 0.0128. The van der Waals surface area contributed by atoms with Gasteiger partial charge in [0.25, 0.3) is 5.91 Å². The molecule has 0 aliphatic heterocycles. The normalized spacial score (nSPS) is 13.0. The summed E-state index contributed by atoms with van der Waals surface area (Å²) in [5.74, 6) is -0.282. The van der Waals surface area contributed by atoms with E-state index in [1.165, 1.54) is 31.8 Å². The average Bonchev–Trinajstić information content (AvgIpc) is 2.68. The molecular weight excluding hydrogens is 386 g/mol. The summed E-state index contributed by atoms with van der Waals surface area (Å²) in [6, 6.07) is 13.0. The highest BCUT2D eigenvalue weighted by molar-refractivity contribution is 7.89.